The van der Waals surface area contributed by atoms with Gasteiger partial charge in [0, 0.05) is 15.7 Å². The van der Waals surface area contributed by atoms with Crippen LogP contribution in [0.5, 0.6) is 5.75 Å². The Balaban J connectivity index is 1.80. The molecule has 1 atom stereocenters. The number of allylic oxidation sites excluding steroid dienone is 1. The molecular formula is C21H19BrN2OS. The van der Waals surface area contributed by atoms with Gasteiger partial charge in [0.1, 0.15) is 5.75 Å². The van der Waals surface area contributed by atoms with Crippen molar-refractivity contribution >= 4 is 38.6 Å². The van der Waals surface area contributed by atoms with Crippen LogP contribution in [0.1, 0.15) is 29.7 Å². The highest BCUT2D eigenvalue weighted by molar-refractivity contribution is 9.10. The van der Waals surface area contributed by atoms with Gasteiger partial charge in [-0.1, -0.05) is 39.8 Å². The Bertz CT molecular complexity index is 947. The molecule has 0 saturated heterocycles. The first-order valence-corrected chi connectivity index (χ1v) is 10.1. The van der Waals surface area contributed by atoms with Crippen LogP contribution in [0.2, 0.25) is 0 Å². The van der Waals surface area contributed by atoms with E-state index in [1.165, 1.54) is 16.8 Å². The number of thioether (sulfide) groups is 1. The number of hydrogen-bond donors (Lipinski definition) is 0. The number of aliphatic imine (C=N–C) groups is 1. The normalized spacial score (nSPS) is 18.8. The van der Waals surface area contributed by atoms with E-state index in [9.17, 15) is 0 Å². The minimum atomic E-state index is 0.112. The summed E-state index contributed by atoms with van der Waals surface area (Å²) in [5.41, 5.74) is 5.79. The highest BCUT2D eigenvalue weighted by Crippen LogP contribution is 2.43. The van der Waals surface area contributed by atoms with Gasteiger partial charge in [-0.2, -0.15) is 0 Å². The number of halogens is 1. The second kappa shape index (κ2) is 6.97. The van der Waals surface area contributed by atoms with Crippen molar-refractivity contribution in [3.63, 3.8) is 0 Å². The van der Waals surface area contributed by atoms with E-state index in [4.69, 9.17) is 9.73 Å². The molecule has 0 bridgehead atoms. The fourth-order valence-electron chi connectivity index (χ4n) is 3.21. The van der Waals surface area contributed by atoms with Gasteiger partial charge in [0.05, 0.1) is 18.8 Å². The Morgan fingerprint density at radius 1 is 1.12 bits per heavy atom. The summed E-state index contributed by atoms with van der Waals surface area (Å²) in [4.78, 5) is 7.20. The molecule has 0 radical (unpaired) electrons. The lowest BCUT2D eigenvalue weighted by Crippen LogP contribution is -2.30. The standard InChI is InChI=1S/C21H19BrN2OS/c1-13-4-9-17(18(22)10-13)20-11-19(15-5-7-16(25-3)8-6-15)23-21-24(20)14(2)12-26-21/h4-12,20H,1-3H3. The van der Waals surface area contributed by atoms with Crippen molar-refractivity contribution < 1.29 is 4.74 Å². The third-order valence-corrected chi connectivity index (χ3v) is 6.24. The molecule has 0 aliphatic carbocycles. The second-order valence-electron chi connectivity index (χ2n) is 6.39. The highest BCUT2D eigenvalue weighted by Gasteiger charge is 2.32. The van der Waals surface area contributed by atoms with E-state index < -0.39 is 0 Å². The number of benzene rings is 2. The summed E-state index contributed by atoms with van der Waals surface area (Å²) >= 11 is 5.44. The van der Waals surface area contributed by atoms with Gasteiger partial charge < -0.3 is 9.64 Å². The number of hydrogen-bond acceptors (Lipinski definition) is 4. The maximum Gasteiger partial charge on any atom is 0.173 e. The topological polar surface area (TPSA) is 24.8 Å². The number of amidine groups is 1. The van der Waals surface area contributed by atoms with Crippen LogP contribution >= 0.6 is 27.7 Å². The van der Waals surface area contributed by atoms with Gasteiger partial charge in [0.25, 0.3) is 0 Å². The number of ether oxygens (including phenoxy) is 1. The molecule has 4 rings (SSSR count). The zero-order valence-electron chi connectivity index (χ0n) is 14.9. The molecule has 3 nitrogen and oxygen atoms in total. The largest absolute Gasteiger partial charge is 0.497 e. The van der Waals surface area contributed by atoms with Crippen LogP contribution in [-0.4, -0.2) is 17.2 Å². The first kappa shape index (κ1) is 17.4. The molecule has 0 aromatic heterocycles. The van der Waals surface area contributed by atoms with Gasteiger partial charge in [0.2, 0.25) is 0 Å². The van der Waals surface area contributed by atoms with Crippen molar-refractivity contribution in [2.75, 3.05) is 7.11 Å². The van der Waals surface area contributed by atoms with E-state index in [2.05, 4.69) is 76.5 Å². The first-order valence-electron chi connectivity index (χ1n) is 8.40. The maximum absolute atomic E-state index is 5.28. The highest BCUT2D eigenvalue weighted by atomic mass is 79.9. The number of aryl methyl sites for hydroxylation is 1. The summed E-state index contributed by atoms with van der Waals surface area (Å²) < 4.78 is 6.40. The van der Waals surface area contributed by atoms with Crippen LogP contribution in [0.15, 0.2) is 69.1 Å². The lowest BCUT2D eigenvalue weighted by molar-refractivity contribution is 0.415. The van der Waals surface area contributed by atoms with Crippen LogP contribution in [0.3, 0.4) is 0 Å². The van der Waals surface area contributed by atoms with Gasteiger partial charge in [0.15, 0.2) is 5.17 Å². The molecule has 0 N–H and O–H groups in total. The molecule has 2 aromatic rings. The first-order chi connectivity index (χ1) is 12.6. The Morgan fingerprint density at radius 3 is 2.58 bits per heavy atom. The number of methoxy groups -OCH3 is 1. The van der Waals surface area contributed by atoms with Crippen molar-refractivity contribution in [2.24, 2.45) is 4.99 Å². The average molecular weight is 427 g/mol. The molecule has 0 amide bonds. The molecule has 5 heteroatoms. The van der Waals surface area contributed by atoms with E-state index in [0.29, 0.717) is 0 Å². The Hall–Kier alpha value is -1.98. The van der Waals surface area contributed by atoms with Crippen molar-refractivity contribution in [2.45, 2.75) is 19.9 Å². The van der Waals surface area contributed by atoms with Gasteiger partial charge in [-0.3, -0.25) is 0 Å². The summed E-state index contributed by atoms with van der Waals surface area (Å²) in [7, 11) is 1.68. The molecule has 132 valence electrons. The minimum Gasteiger partial charge on any atom is -0.497 e. The average Bonchev–Trinajstić information content (AvgIpc) is 3.02. The van der Waals surface area contributed by atoms with Gasteiger partial charge in [-0.15, -0.1) is 0 Å². The summed E-state index contributed by atoms with van der Waals surface area (Å²) in [6.07, 6.45) is 2.24. The smallest absolute Gasteiger partial charge is 0.173 e. The minimum absolute atomic E-state index is 0.112. The summed E-state index contributed by atoms with van der Waals surface area (Å²) in [6.45, 7) is 4.24. The molecule has 0 saturated carbocycles. The van der Waals surface area contributed by atoms with Crippen molar-refractivity contribution in [1.82, 2.24) is 4.90 Å². The van der Waals surface area contributed by atoms with Gasteiger partial charge in [-0.05, 0) is 66.8 Å². The Morgan fingerprint density at radius 2 is 1.88 bits per heavy atom. The summed E-state index contributed by atoms with van der Waals surface area (Å²) in [6, 6.07) is 14.7. The number of nitrogens with zero attached hydrogens (tertiary/aromatic N) is 2. The van der Waals surface area contributed by atoms with Crippen LogP contribution < -0.4 is 4.74 Å². The monoisotopic (exact) mass is 426 g/mol. The van der Waals surface area contributed by atoms with Crippen LogP contribution in [0.25, 0.3) is 5.70 Å². The Labute approximate surface area is 166 Å². The summed E-state index contributed by atoms with van der Waals surface area (Å²) in [5.74, 6) is 0.852. The zero-order chi connectivity index (χ0) is 18.3. The van der Waals surface area contributed by atoms with Crippen molar-refractivity contribution in [3.8, 4) is 5.75 Å². The molecule has 2 aliphatic rings. The molecule has 0 fully saturated rings. The molecule has 2 heterocycles. The van der Waals surface area contributed by atoms with E-state index in [1.54, 1.807) is 18.9 Å². The Kier molecular flexibility index (Phi) is 4.67. The molecule has 2 aliphatic heterocycles. The van der Waals surface area contributed by atoms with E-state index >= 15 is 0 Å². The third-order valence-electron chi connectivity index (χ3n) is 4.59. The fourth-order valence-corrected chi connectivity index (χ4v) is 4.85. The van der Waals surface area contributed by atoms with Crippen LogP contribution in [-0.2, 0) is 0 Å². The maximum atomic E-state index is 5.28. The molecule has 0 spiro atoms. The molecular weight excluding hydrogens is 408 g/mol. The van der Waals surface area contributed by atoms with E-state index in [1.807, 2.05) is 12.1 Å². The van der Waals surface area contributed by atoms with Crippen molar-refractivity contribution in [1.29, 1.82) is 0 Å². The second-order valence-corrected chi connectivity index (χ2v) is 8.08. The number of rotatable bonds is 3. The van der Waals surface area contributed by atoms with E-state index in [-0.39, 0.29) is 6.04 Å². The van der Waals surface area contributed by atoms with Gasteiger partial charge in [-0.25, -0.2) is 4.99 Å². The SMILES string of the molecule is COc1ccc(C2=CC(c3ccc(C)cc3Br)N3C(C)=CSC3=N2)cc1. The predicted octanol–water partition coefficient (Wildman–Crippen LogP) is 6.13. The fraction of sp³-hybridized carbons (Fsp3) is 0.190. The van der Waals surface area contributed by atoms with E-state index in [0.717, 1.165) is 26.7 Å². The predicted molar refractivity (Wildman–Crippen MR) is 113 cm³/mol. The van der Waals surface area contributed by atoms with Crippen LogP contribution in [0.4, 0.5) is 0 Å². The van der Waals surface area contributed by atoms with Gasteiger partial charge >= 0.3 is 0 Å². The lowest BCUT2D eigenvalue weighted by atomic mass is 9.99. The summed E-state index contributed by atoms with van der Waals surface area (Å²) in [5, 5.41) is 3.19. The molecule has 1 unspecified atom stereocenters. The third kappa shape index (κ3) is 3.10. The van der Waals surface area contributed by atoms with Crippen molar-refractivity contribution in [3.05, 3.63) is 80.8 Å². The van der Waals surface area contributed by atoms with Crippen LogP contribution in [0, 0.1) is 6.92 Å². The lowest BCUT2D eigenvalue weighted by Gasteiger charge is -2.33. The molecule has 2 aromatic carbocycles. The molecule has 26 heavy (non-hydrogen) atoms. The quantitative estimate of drug-likeness (QED) is 0.589. The number of fused-ring (bicyclic) bond motifs is 1. The zero-order valence-corrected chi connectivity index (χ0v) is 17.3.